The molecule has 0 atom stereocenters. The molecule has 2 aromatic carbocycles. The Hall–Kier alpha value is -4.06. The highest BCUT2D eigenvalue weighted by Gasteiger charge is 2.36. The summed E-state index contributed by atoms with van der Waals surface area (Å²) in [7, 11) is 1.62. The lowest BCUT2D eigenvalue weighted by Gasteiger charge is -2.19. The van der Waals surface area contributed by atoms with Crippen LogP contribution in [0.5, 0.6) is 0 Å². The summed E-state index contributed by atoms with van der Waals surface area (Å²) < 4.78 is 45.8. The first kappa shape index (κ1) is 27.5. The van der Waals surface area contributed by atoms with E-state index in [2.05, 4.69) is 0 Å². The summed E-state index contributed by atoms with van der Waals surface area (Å²) in [6, 6.07) is 6.43. The number of aryl methyl sites for hydroxylation is 2. The molecular weight excluding hydrogens is 553 g/mol. The Morgan fingerprint density at radius 2 is 1.77 bits per heavy atom. The Balaban J connectivity index is 1.79. The summed E-state index contributed by atoms with van der Waals surface area (Å²) in [6.07, 6.45) is -1.81. The second-order valence-electron chi connectivity index (χ2n) is 9.83. The lowest BCUT2D eigenvalue weighted by Crippen LogP contribution is -2.44. The third kappa shape index (κ3) is 4.55. The number of aromatic carboxylic acids is 1. The summed E-state index contributed by atoms with van der Waals surface area (Å²) >= 11 is 5.81. The number of hydrogen-bond acceptors (Lipinski definition) is 5. The van der Waals surface area contributed by atoms with Crippen molar-refractivity contribution < 1.29 is 23.1 Å². The molecule has 0 amide bonds. The number of benzene rings is 2. The fourth-order valence-electron chi connectivity index (χ4n) is 5.11. The minimum Gasteiger partial charge on any atom is -0.545 e. The Kier molecular flexibility index (Phi) is 6.77. The fourth-order valence-corrected chi connectivity index (χ4v) is 5.41. The number of carboxylic acids is 1. The standard InChI is InChI=1S/C27H24ClF3N4O5/c1-3-16-19(9-10-20-22(16)34(11-14-7-8-14)25(39)32(20)2)33-13-17(24(37)38)23(36)35(26(33)40)12-15-5-4-6-18(28)21(15)27(29,30)31/h4-6,9-10,13-14H,3,7-8,11-12H2,1-2H3,(H,37,38)/p-1. The highest BCUT2D eigenvalue weighted by molar-refractivity contribution is 6.31. The van der Waals surface area contributed by atoms with E-state index in [0.717, 1.165) is 35.7 Å². The van der Waals surface area contributed by atoms with Gasteiger partial charge in [-0.3, -0.25) is 23.1 Å². The molecule has 9 nitrogen and oxygen atoms in total. The minimum atomic E-state index is -4.90. The number of alkyl halides is 3. The molecule has 0 aliphatic heterocycles. The number of carbonyl (C=O) groups excluding carboxylic acids is 1. The molecule has 0 spiro atoms. The predicted molar refractivity (Wildman–Crippen MR) is 139 cm³/mol. The van der Waals surface area contributed by atoms with Gasteiger partial charge < -0.3 is 9.90 Å². The predicted octanol–water partition coefficient (Wildman–Crippen LogP) is 2.71. The van der Waals surface area contributed by atoms with Gasteiger partial charge in [0.1, 0.15) is 0 Å². The molecule has 0 saturated heterocycles. The summed E-state index contributed by atoms with van der Waals surface area (Å²) in [5, 5.41) is 11.3. The fraction of sp³-hybridized carbons (Fsp3) is 0.333. The molecule has 210 valence electrons. The van der Waals surface area contributed by atoms with Crippen molar-refractivity contribution in [3.63, 3.8) is 0 Å². The number of carbonyl (C=O) groups is 1. The molecule has 1 aliphatic carbocycles. The van der Waals surface area contributed by atoms with Crippen LogP contribution in [0.15, 0.2) is 50.9 Å². The van der Waals surface area contributed by atoms with E-state index in [1.54, 1.807) is 24.6 Å². The molecule has 1 aliphatic rings. The molecule has 2 heterocycles. The van der Waals surface area contributed by atoms with Crippen molar-refractivity contribution in [2.75, 3.05) is 0 Å². The van der Waals surface area contributed by atoms with Crippen LogP contribution < -0.4 is 22.0 Å². The largest absolute Gasteiger partial charge is 0.545 e. The van der Waals surface area contributed by atoms with Gasteiger partial charge in [-0.2, -0.15) is 13.2 Å². The molecule has 0 N–H and O–H groups in total. The first-order chi connectivity index (χ1) is 18.8. The van der Waals surface area contributed by atoms with Crippen molar-refractivity contribution in [3.05, 3.63) is 95.1 Å². The van der Waals surface area contributed by atoms with Gasteiger partial charge in [0, 0.05) is 25.4 Å². The molecule has 4 aromatic rings. The third-order valence-corrected chi connectivity index (χ3v) is 7.55. The number of hydrogen-bond donors (Lipinski definition) is 0. The van der Waals surface area contributed by atoms with E-state index in [4.69, 9.17) is 11.6 Å². The van der Waals surface area contributed by atoms with Crippen LogP contribution in [0.25, 0.3) is 16.7 Å². The lowest BCUT2D eigenvalue weighted by atomic mass is 10.1. The molecule has 2 aromatic heterocycles. The van der Waals surface area contributed by atoms with Gasteiger partial charge in [0.05, 0.1) is 45.4 Å². The number of fused-ring (bicyclic) bond motifs is 1. The first-order valence-electron chi connectivity index (χ1n) is 12.5. The third-order valence-electron chi connectivity index (χ3n) is 7.24. The summed E-state index contributed by atoms with van der Waals surface area (Å²) in [5.41, 5.74) is -3.40. The van der Waals surface area contributed by atoms with Crippen LogP contribution >= 0.6 is 11.6 Å². The highest BCUT2D eigenvalue weighted by Crippen LogP contribution is 2.37. The highest BCUT2D eigenvalue weighted by atomic mass is 35.5. The van der Waals surface area contributed by atoms with Crippen LogP contribution in [-0.2, 0) is 32.7 Å². The molecule has 40 heavy (non-hydrogen) atoms. The second kappa shape index (κ2) is 9.84. The van der Waals surface area contributed by atoms with Crippen LogP contribution in [0.3, 0.4) is 0 Å². The molecule has 1 fully saturated rings. The second-order valence-corrected chi connectivity index (χ2v) is 10.2. The first-order valence-corrected chi connectivity index (χ1v) is 12.9. The number of aromatic nitrogens is 4. The van der Waals surface area contributed by atoms with Gasteiger partial charge in [-0.25, -0.2) is 9.59 Å². The Bertz CT molecular complexity index is 1860. The number of halogens is 4. The Morgan fingerprint density at radius 3 is 2.38 bits per heavy atom. The topological polar surface area (TPSA) is 111 Å². The van der Waals surface area contributed by atoms with E-state index in [0.29, 0.717) is 40.0 Å². The minimum absolute atomic E-state index is 0.188. The number of imidazole rings is 1. The Morgan fingerprint density at radius 1 is 1.07 bits per heavy atom. The molecular formula is C27H23ClF3N4O5-. The van der Waals surface area contributed by atoms with Gasteiger partial charge in [0.2, 0.25) is 0 Å². The van der Waals surface area contributed by atoms with E-state index in [1.807, 2.05) is 0 Å². The lowest BCUT2D eigenvalue weighted by molar-refractivity contribution is -0.255. The maximum atomic E-state index is 13.8. The Labute approximate surface area is 229 Å². The quantitative estimate of drug-likeness (QED) is 0.336. The van der Waals surface area contributed by atoms with Gasteiger partial charge in [0.15, 0.2) is 0 Å². The van der Waals surface area contributed by atoms with Crippen molar-refractivity contribution in [1.82, 2.24) is 18.3 Å². The molecule has 1 saturated carbocycles. The van der Waals surface area contributed by atoms with Crippen molar-refractivity contribution in [3.8, 4) is 5.69 Å². The van der Waals surface area contributed by atoms with Gasteiger partial charge in [-0.15, -0.1) is 0 Å². The van der Waals surface area contributed by atoms with E-state index in [9.17, 15) is 37.5 Å². The monoisotopic (exact) mass is 575 g/mol. The van der Waals surface area contributed by atoms with Crippen molar-refractivity contribution >= 4 is 28.6 Å². The normalized spacial score (nSPS) is 13.8. The van der Waals surface area contributed by atoms with Gasteiger partial charge in [-0.05, 0) is 48.9 Å². The maximum absolute atomic E-state index is 13.8. The number of rotatable bonds is 7. The maximum Gasteiger partial charge on any atom is 0.418 e. The number of carboxylic acid groups (broad SMARTS) is 1. The number of nitrogens with zero attached hydrogens (tertiary/aromatic N) is 4. The van der Waals surface area contributed by atoms with Crippen LogP contribution in [-0.4, -0.2) is 24.2 Å². The molecule has 0 bridgehead atoms. The summed E-state index contributed by atoms with van der Waals surface area (Å²) in [4.78, 5) is 51.7. The zero-order chi connectivity index (χ0) is 29.1. The van der Waals surface area contributed by atoms with Crippen LogP contribution in [0.2, 0.25) is 5.02 Å². The zero-order valence-corrected chi connectivity index (χ0v) is 22.2. The summed E-state index contributed by atoms with van der Waals surface area (Å²) in [5.74, 6) is -1.56. The average molecular weight is 576 g/mol. The van der Waals surface area contributed by atoms with E-state index in [1.165, 1.54) is 16.7 Å². The zero-order valence-electron chi connectivity index (χ0n) is 21.4. The molecule has 13 heteroatoms. The van der Waals surface area contributed by atoms with Gasteiger partial charge in [0.25, 0.3) is 5.56 Å². The van der Waals surface area contributed by atoms with Crippen LogP contribution in [0, 0.1) is 5.92 Å². The van der Waals surface area contributed by atoms with Crippen molar-refractivity contribution in [2.45, 2.75) is 45.5 Å². The van der Waals surface area contributed by atoms with E-state index in [-0.39, 0.29) is 11.4 Å². The molecule has 0 unspecified atom stereocenters. The van der Waals surface area contributed by atoms with Gasteiger partial charge >= 0.3 is 17.6 Å². The van der Waals surface area contributed by atoms with Crippen molar-refractivity contribution in [2.24, 2.45) is 13.0 Å². The summed E-state index contributed by atoms with van der Waals surface area (Å²) in [6.45, 7) is 1.37. The van der Waals surface area contributed by atoms with Gasteiger partial charge in [-0.1, -0.05) is 30.7 Å². The average Bonchev–Trinajstić information content (AvgIpc) is 3.68. The van der Waals surface area contributed by atoms with E-state index >= 15 is 0 Å². The van der Waals surface area contributed by atoms with Crippen molar-refractivity contribution in [1.29, 1.82) is 0 Å². The molecule has 5 rings (SSSR count). The smallest absolute Gasteiger partial charge is 0.418 e. The molecule has 0 radical (unpaired) electrons. The van der Waals surface area contributed by atoms with Crippen LogP contribution in [0.4, 0.5) is 13.2 Å². The van der Waals surface area contributed by atoms with Crippen LogP contribution in [0.1, 0.15) is 46.8 Å². The van der Waals surface area contributed by atoms with E-state index < -0.39 is 51.7 Å². The SMILES string of the molecule is CCc1c(-n2cc(C(=O)[O-])c(=O)n(Cc3cccc(Cl)c3C(F)(F)F)c2=O)ccc2c1n(CC1CC1)c(=O)n2C.